The number of nitro groups is 2. The van der Waals surface area contributed by atoms with E-state index in [1.807, 2.05) is 0 Å². The zero-order valence-corrected chi connectivity index (χ0v) is 11.6. The van der Waals surface area contributed by atoms with Crippen LogP contribution in [0.1, 0.15) is 12.5 Å². The fourth-order valence-corrected chi connectivity index (χ4v) is 1.76. The van der Waals surface area contributed by atoms with Gasteiger partial charge < -0.3 is 0 Å². The average Bonchev–Trinajstić information content (AvgIpc) is 2.52. The highest BCUT2D eigenvalue weighted by Crippen LogP contribution is 2.23. The monoisotopic (exact) mass is 300 g/mol. The van der Waals surface area contributed by atoms with Crippen LogP contribution in [0, 0.1) is 20.2 Å². The second-order valence-corrected chi connectivity index (χ2v) is 4.39. The fraction of sp³-hybridized carbons (Fsp3) is 0.0714. The molecule has 0 bridgehead atoms. The number of rotatable bonds is 5. The smallest absolute Gasteiger partial charge is 0.271 e. The zero-order valence-electron chi connectivity index (χ0n) is 11.6. The van der Waals surface area contributed by atoms with Crippen molar-refractivity contribution in [1.29, 1.82) is 0 Å². The summed E-state index contributed by atoms with van der Waals surface area (Å²) in [5.41, 5.74) is 4.05. The van der Waals surface area contributed by atoms with Gasteiger partial charge in [0.15, 0.2) is 0 Å². The van der Waals surface area contributed by atoms with Gasteiger partial charge in [0.1, 0.15) is 5.69 Å². The van der Waals surface area contributed by atoms with E-state index >= 15 is 0 Å². The lowest BCUT2D eigenvalue weighted by molar-refractivity contribution is -0.384. The van der Waals surface area contributed by atoms with E-state index in [4.69, 9.17) is 0 Å². The second-order valence-electron chi connectivity index (χ2n) is 4.39. The van der Waals surface area contributed by atoms with Crippen molar-refractivity contribution in [2.24, 2.45) is 5.10 Å². The predicted molar refractivity (Wildman–Crippen MR) is 82.0 cm³/mol. The molecule has 0 saturated carbocycles. The molecule has 0 unspecified atom stereocenters. The third-order valence-corrected chi connectivity index (χ3v) is 2.94. The third kappa shape index (κ3) is 3.42. The Bertz CT molecular complexity index is 741. The van der Waals surface area contributed by atoms with Crippen molar-refractivity contribution in [2.45, 2.75) is 6.92 Å². The molecule has 0 aliphatic rings. The molecule has 2 aromatic rings. The Morgan fingerprint density at radius 3 is 2.23 bits per heavy atom. The molecule has 8 nitrogen and oxygen atoms in total. The Morgan fingerprint density at radius 2 is 1.64 bits per heavy atom. The van der Waals surface area contributed by atoms with Crippen LogP contribution in [0.3, 0.4) is 0 Å². The summed E-state index contributed by atoms with van der Waals surface area (Å²) in [7, 11) is 0. The summed E-state index contributed by atoms with van der Waals surface area (Å²) in [4.78, 5) is 20.5. The van der Waals surface area contributed by atoms with Crippen molar-refractivity contribution < 1.29 is 9.85 Å². The highest BCUT2D eigenvalue weighted by atomic mass is 16.6. The van der Waals surface area contributed by atoms with E-state index in [0.717, 1.165) is 0 Å². The molecule has 22 heavy (non-hydrogen) atoms. The normalized spacial score (nSPS) is 11.0. The molecule has 0 aliphatic heterocycles. The lowest BCUT2D eigenvalue weighted by Crippen LogP contribution is -2.02. The molecule has 8 heteroatoms. The molecule has 112 valence electrons. The number of nitrogens with one attached hydrogen (secondary N) is 1. The van der Waals surface area contributed by atoms with Gasteiger partial charge in [0.25, 0.3) is 11.4 Å². The van der Waals surface area contributed by atoms with Gasteiger partial charge in [-0.25, -0.2) is 0 Å². The Labute approximate surface area is 125 Å². The van der Waals surface area contributed by atoms with Crippen LogP contribution in [-0.2, 0) is 0 Å². The summed E-state index contributed by atoms with van der Waals surface area (Å²) in [5.74, 6) is 0. The molecular weight excluding hydrogens is 288 g/mol. The number of nitrogens with zero attached hydrogens (tertiary/aromatic N) is 3. The predicted octanol–water partition coefficient (Wildman–Crippen LogP) is 3.34. The summed E-state index contributed by atoms with van der Waals surface area (Å²) < 4.78 is 0. The SMILES string of the molecule is CC(=NNc1ccccc1[N+](=O)[O-])c1ccc([N+](=O)[O-])cc1. The van der Waals surface area contributed by atoms with Gasteiger partial charge in [0.05, 0.1) is 15.6 Å². The summed E-state index contributed by atoms with van der Waals surface area (Å²) in [5, 5.41) is 25.6. The van der Waals surface area contributed by atoms with Gasteiger partial charge in [-0.3, -0.25) is 25.7 Å². The van der Waals surface area contributed by atoms with E-state index in [-0.39, 0.29) is 17.1 Å². The van der Waals surface area contributed by atoms with Crippen LogP contribution in [0.25, 0.3) is 0 Å². The van der Waals surface area contributed by atoms with Crippen molar-refractivity contribution in [3.05, 3.63) is 74.3 Å². The van der Waals surface area contributed by atoms with Crippen molar-refractivity contribution in [3.63, 3.8) is 0 Å². The van der Waals surface area contributed by atoms with Crippen LogP contribution < -0.4 is 5.43 Å². The Hall–Kier alpha value is -3.29. The minimum Gasteiger partial charge on any atom is -0.271 e. The maximum absolute atomic E-state index is 10.9. The molecule has 2 rings (SSSR count). The van der Waals surface area contributed by atoms with Crippen molar-refractivity contribution in [1.82, 2.24) is 0 Å². The standard InChI is InChI=1S/C14H12N4O4/c1-10(11-6-8-12(9-7-11)17(19)20)15-16-13-4-2-3-5-14(13)18(21)22/h2-9,16H,1H3. The van der Waals surface area contributed by atoms with Gasteiger partial charge in [0.2, 0.25) is 0 Å². The van der Waals surface area contributed by atoms with Gasteiger partial charge in [-0.2, -0.15) is 5.10 Å². The van der Waals surface area contributed by atoms with E-state index in [0.29, 0.717) is 11.3 Å². The number of hydrogen-bond donors (Lipinski definition) is 1. The van der Waals surface area contributed by atoms with E-state index in [1.54, 1.807) is 37.3 Å². The van der Waals surface area contributed by atoms with Crippen LogP contribution in [0.5, 0.6) is 0 Å². The number of nitro benzene ring substituents is 2. The first-order chi connectivity index (χ1) is 10.5. The van der Waals surface area contributed by atoms with E-state index in [2.05, 4.69) is 10.5 Å². The molecule has 1 N–H and O–H groups in total. The Balaban J connectivity index is 2.19. The fourth-order valence-electron chi connectivity index (χ4n) is 1.76. The van der Waals surface area contributed by atoms with Gasteiger partial charge in [0, 0.05) is 18.2 Å². The van der Waals surface area contributed by atoms with Crippen LogP contribution in [-0.4, -0.2) is 15.6 Å². The minimum atomic E-state index is -0.501. The lowest BCUT2D eigenvalue weighted by Gasteiger charge is -2.04. The number of non-ortho nitro benzene ring substituents is 1. The highest BCUT2D eigenvalue weighted by molar-refractivity contribution is 5.99. The van der Waals surface area contributed by atoms with Gasteiger partial charge in [-0.05, 0) is 30.7 Å². The molecule has 2 aromatic carbocycles. The number of hydrazone groups is 1. The molecule has 0 aliphatic carbocycles. The van der Waals surface area contributed by atoms with Crippen LogP contribution >= 0.6 is 0 Å². The molecule has 0 aromatic heterocycles. The molecule has 0 spiro atoms. The Morgan fingerprint density at radius 1 is 1.00 bits per heavy atom. The molecule has 0 heterocycles. The van der Waals surface area contributed by atoms with Crippen LogP contribution in [0.4, 0.5) is 17.1 Å². The maximum atomic E-state index is 10.9. The summed E-state index contributed by atoms with van der Waals surface area (Å²) in [6, 6.07) is 12.0. The van der Waals surface area contributed by atoms with Gasteiger partial charge >= 0.3 is 0 Å². The summed E-state index contributed by atoms with van der Waals surface area (Å²) >= 11 is 0. The van der Waals surface area contributed by atoms with E-state index in [9.17, 15) is 20.2 Å². The molecule has 0 radical (unpaired) electrons. The first-order valence-electron chi connectivity index (χ1n) is 6.27. The third-order valence-electron chi connectivity index (χ3n) is 2.94. The first-order valence-corrected chi connectivity index (χ1v) is 6.27. The molecule has 0 saturated heterocycles. The minimum absolute atomic E-state index is 0.0109. The first kappa shape index (κ1) is 15.1. The topological polar surface area (TPSA) is 111 Å². The van der Waals surface area contributed by atoms with Gasteiger partial charge in [-0.15, -0.1) is 0 Å². The Kier molecular flexibility index (Phi) is 4.42. The number of para-hydroxylation sites is 2. The number of hydrogen-bond acceptors (Lipinski definition) is 6. The highest BCUT2D eigenvalue weighted by Gasteiger charge is 2.11. The van der Waals surface area contributed by atoms with E-state index < -0.39 is 9.85 Å². The summed E-state index contributed by atoms with van der Waals surface area (Å²) in [6.07, 6.45) is 0. The lowest BCUT2D eigenvalue weighted by atomic mass is 10.1. The largest absolute Gasteiger partial charge is 0.294 e. The molecular formula is C14H12N4O4. The van der Waals surface area contributed by atoms with Crippen LogP contribution in [0.15, 0.2) is 53.6 Å². The summed E-state index contributed by atoms with van der Waals surface area (Å²) in [6.45, 7) is 1.70. The zero-order chi connectivity index (χ0) is 16.1. The number of benzene rings is 2. The molecule has 0 amide bonds. The van der Waals surface area contributed by atoms with E-state index in [1.165, 1.54) is 18.2 Å². The average molecular weight is 300 g/mol. The second kappa shape index (κ2) is 6.44. The maximum Gasteiger partial charge on any atom is 0.294 e. The quantitative estimate of drug-likeness (QED) is 0.517. The van der Waals surface area contributed by atoms with Crippen molar-refractivity contribution >= 4 is 22.8 Å². The van der Waals surface area contributed by atoms with Crippen molar-refractivity contribution in [3.8, 4) is 0 Å². The molecule has 0 atom stereocenters. The van der Waals surface area contributed by atoms with Gasteiger partial charge in [-0.1, -0.05) is 12.1 Å². The molecule has 0 fully saturated rings. The number of anilines is 1. The van der Waals surface area contributed by atoms with Crippen molar-refractivity contribution in [2.75, 3.05) is 5.43 Å². The van der Waals surface area contributed by atoms with Crippen LogP contribution in [0.2, 0.25) is 0 Å².